The molecule has 2 aliphatic rings. The van der Waals surface area contributed by atoms with Crippen molar-refractivity contribution in [2.24, 2.45) is 5.92 Å². The van der Waals surface area contributed by atoms with E-state index in [4.69, 9.17) is 0 Å². The van der Waals surface area contributed by atoms with Crippen LogP contribution in [0.5, 0.6) is 0 Å². The fraction of sp³-hybridized carbons (Fsp3) is 0.407. The van der Waals surface area contributed by atoms with E-state index in [1.165, 1.54) is 0 Å². The van der Waals surface area contributed by atoms with E-state index in [0.29, 0.717) is 31.2 Å². The van der Waals surface area contributed by atoms with Crippen molar-refractivity contribution in [1.29, 1.82) is 5.26 Å². The number of hydrogen-bond donors (Lipinski definition) is 2. The number of halogens is 4. The summed E-state index contributed by atoms with van der Waals surface area (Å²) in [6.45, 7) is 0. The van der Waals surface area contributed by atoms with Gasteiger partial charge >= 0.3 is 6.18 Å². The number of nitrogens with one attached hydrogen (secondary N) is 2. The summed E-state index contributed by atoms with van der Waals surface area (Å²) in [6, 6.07) is 11.5. The quantitative estimate of drug-likeness (QED) is 0.368. The monoisotopic (exact) mass is 547 g/mol. The van der Waals surface area contributed by atoms with E-state index in [2.05, 4.69) is 22.5 Å². The lowest BCUT2D eigenvalue weighted by Crippen LogP contribution is -2.62. The van der Waals surface area contributed by atoms with Crippen LogP contribution in [0.2, 0.25) is 0 Å². The minimum atomic E-state index is -5.12. The van der Waals surface area contributed by atoms with Crippen molar-refractivity contribution in [3.63, 3.8) is 0 Å². The third-order valence-electron chi connectivity index (χ3n) is 6.43. The van der Waals surface area contributed by atoms with Crippen molar-refractivity contribution < 1.29 is 30.8 Å². The minimum Gasteiger partial charge on any atom is -0.336 e. The summed E-state index contributed by atoms with van der Waals surface area (Å²) in [5.41, 5.74) is -4.51. The molecule has 2 saturated carbocycles. The van der Waals surface area contributed by atoms with Gasteiger partial charge in [0.1, 0.15) is 17.4 Å². The van der Waals surface area contributed by atoms with E-state index in [1.807, 2.05) is 6.07 Å². The van der Waals surface area contributed by atoms with E-state index in [-0.39, 0.29) is 5.92 Å². The zero-order valence-corrected chi connectivity index (χ0v) is 21.0. The number of carbonyl (C=O) groups excluding carboxylic acids is 1. The second-order valence-corrected chi connectivity index (χ2v) is 11.8. The molecule has 4 rings (SSSR count). The Morgan fingerprint density at radius 2 is 1.71 bits per heavy atom. The van der Waals surface area contributed by atoms with E-state index in [9.17, 15) is 36.0 Å². The van der Waals surface area contributed by atoms with E-state index >= 15 is 0 Å². The number of amides is 1. The highest BCUT2D eigenvalue weighted by atomic mass is 32.2. The summed E-state index contributed by atoms with van der Waals surface area (Å²) in [5.74, 6) is 1.22. The van der Waals surface area contributed by atoms with Gasteiger partial charge in [-0.1, -0.05) is 54.3 Å². The maximum atomic E-state index is 14.9. The number of hydrogen-bond acceptors (Lipinski definition) is 5. The topological polar surface area (TPSA) is 99.1 Å². The standard InChI is InChI=1S/C27H25F4N3O3S/c28-22-10-8-21(9-11-22)26(27(29,30)31,13-12-19-6-7-19)33-23(24(35)34-25(18-32)14-15-25)17-38(36,37)16-20-4-2-1-3-5-20/h1-5,8-11,19,23,33H,6-7,14-17H2,(H,34,35)/t23-,26-/m0/s1. The molecule has 200 valence electrons. The number of sulfone groups is 1. The van der Waals surface area contributed by atoms with Crippen LogP contribution >= 0.6 is 0 Å². The van der Waals surface area contributed by atoms with Gasteiger partial charge in [-0.05, 0) is 48.9 Å². The van der Waals surface area contributed by atoms with Crippen LogP contribution in [0.1, 0.15) is 36.8 Å². The molecule has 2 aliphatic carbocycles. The Labute approximate surface area is 218 Å². The lowest BCUT2D eigenvalue weighted by atomic mass is 9.88. The largest absolute Gasteiger partial charge is 0.422 e. The molecule has 2 atom stereocenters. The summed E-state index contributed by atoms with van der Waals surface area (Å²) in [7, 11) is -4.13. The third-order valence-corrected chi connectivity index (χ3v) is 8.04. The number of rotatable bonds is 9. The Hall–Kier alpha value is -3.41. The van der Waals surface area contributed by atoms with Crippen LogP contribution in [0.4, 0.5) is 17.6 Å². The first-order valence-corrected chi connectivity index (χ1v) is 13.8. The lowest BCUT2D eigenvalue weighted by Gasteiger charge is -2.36. The van der Waals surface area contributed by atoms with Crippen molar-refractivity contribution in [1.82, 2.24) is 10.6 Å². The Balaban J connectivity index is 1.75. The van der Waals surface area contributed by atoms with Gasteiger partial charge in [-0.15, -0.1) is 0 Å². The molecular formula is C27H25F4N3O3S. The second kappa shape index (κ2) is 10.4. The van der Waals surface area contributed by atoms with Gasteiger partial charge in [0.2, 0.25) is 11.4 Å². The van der Waals surface area contributed by atoms with Crippen molar-refractivity contribution in [2.45, 2.75) is 54.7 Å². The van der Waals surface area contributed by atoms with Crippen LogP contribution in [0.25, 0.3) is 0 Å². The first-order chi connectivity index (χ1) is 17.9. The molecule has 38 heavy (non-hydrogen) atoms. The van der Waals surface area contributed by atoms with Gasteiger partial charge in [0.05, 0.1) is 17.6 Å². The molecule has 2 aromatic rings. The SMILES string of the molecule is N#CC1(NC(=O)[C@H](CS(=O)(=O)Cc2ccccc2)N[C@@](C#CC2CC2)(c2ccc(F)cc2)C(F)(F)F)CC1. The molecule has 0 spiro atoms. The van der Waals surface area contributed by atoms with Gasteiger partial charge in [-0.2, -0.15) is 18.4 Å². The molecule has 0 unspecified atom stereocenters. The Bertz CT molecular complexity index is 1390. The molecule has 0 radical (unpaired) electrons. The Morgan fingerprint density at radius 1 is 1.08 bits per heavy atom. The van der Waals surface area contributed by atoms with Crippen molar-refractivity contribution >= 4 is 15.7 Å². The highest BCUT2D eigenvalue weighted by Gasteiger charge is 2.58. The van der Waals surface area contributed by atoms with Gasteiger partial charge < -0.3 is 5.32 Å². The van der Waals surface area contributed by atoms with Crippen LogP contribution < -0.4 is 10.6 Å². The second-order valence-electron chi connectivity index (χ2n) is 9.72. The molecule has 2 fully saturated rings. The van der Waals surface area contributed by atoms with Gasteiger partial charge in [0.15, 0.2) is 9.84 Å². The van der Waals surface area contributed by atoms with Crippen LogP contribution in [-0.4, -0.2) is 37.8 Å². The number of carbonyl (C=O) groups is 1. The van der Waals surface area contributed by atoms with Gasteiger partial charge in [0, 0.05) is 5.92 Å². The van der Waals surface area contributed by atoms with Gasteiger partial charge in [-0.3, -0.25) is 10.1 Å². The fourth-order valence-corrected chi connectivity index (χ4v) is 5.50. The predicted molar refractivity (Wildman–Crippen MR) is 131 cm³/mol. The van der Waals surface area contributed by atoms with Crippen LogP contribution in [0.15, 0.2) is 54.6 Å². The minimum absolute atomic E-state index is 0.263. The molecule has 0 aromatic heterocycles. The van der Waals surface area contributed by atoms with Gasteiger partial charge in [0.25, 0.3) is 0 Å². The molecule has 11 heteroatoms. The predicted octanol–water partition coefficient (Wildman–Crippen LogP) is 3.74. The highest BCUT2D eigenvalue weighted by Crippen LogP contribution is 2.41. The highest BCUT2D eigenvalue weighted by molar-refractivity contribution is 7.90. The maximum absolute atomic E-state index is 14.9. The lowest BCUT2D eigenvalue weighted by molar-refractivity contribution is -0.184. The number of alkyl halides is 3. The zero-order valence-electron chi connectivity index (χ0n) is 20.2. The van der Waals surface area contributed by atoms with E-state index in [1.54, 1.807) is 30.3 Å². The smallest absolute Gasteiger partial charge is 0.336 e. The fourth-order valence-electron chi connectivity index (χ4n) is 3.94. The molecular weight excluding hydrogens is 522 g/mol. The van der Waals surface area contributed by atoms with Gasteiger partial charge in [-0.25, -0.2) is 12.8 Å². The molecule has 0 heterocycles. The average molecular weight is 548 g/mol. The average Bonchev–Trinajstić information content (AvgIpc) is 3.78. The summed E-state index contributed by atoms with van der Waals surface area (Å²) < 4.78 is 84.4. The third kappa shape index (κ3) is 6.53. The molecule has 1 amide bonds. The molecule has 0 aliphatic heterocycles. The maximum Gasteiger partial charge on any atom is 0.422 e. The molecule has 0 bridgehead atoms. The summed E-state index contributed by atoms with van der Waals surface area (Å²) in [5, 5.41) is 14.0. The zero-order chi connectivity index (χ0) is 27.6. The number of nitrogens with zero attached hydrogens (tertiary/aromatic N) is 1. The normalized spacial score (nSPS) is 18.7. The van der Waals surface area contributed by atoms with Crippen molar-refractivity contribution in [3.05, 3.63) is 71.5 Å². The first kappa shape index (κ1) is 27.6. The van der Waals surface area contributed by atoms with E-state index < -0.39 is 61.9 Å². The molecule has 2 aromatic carbocycles. The summed E-state index contributed by atoms with van der Waals surface area (Å²) in [6.07, 6.45) is -3.30. The number of benzene rings is 2. The van der Waals surface area contributed by atoms with E-state index in [0.717, 1.165) is 24.3 Å². The van der Waals surface area contributed by atoms with Crippen LogP contribution in [0, 0.1) is 34.9 Å². The number of nitriles is 1. The van der Waals surface area contributed by atoms with Crippen molar-refractivity contribution in [2.75, 3.05) is 5.75 Å². The van der Waals surface area contributed by atoms with Crippen molar-refractivity contribution in [3.8, 4) is 17.9 Å². The Morgan fingerprint density at radius 3 is 2.24 bits per heavy atom. The summed E-state index contributed by atoms with van der Waals surface area (Å²) >= 11 is 0. The molecule has 2 N–H and O–H groups in total. The first-order valence-electron chi connectivity index (χ1n) is 12.0. The molecule has 6 nitrogen and oxygen atoms in total. The Kier molecular flexibility index (Phi) is 7.55. The summed E-state index contributed by atoms with van der Waals surface area (Å²) in [4.78, 5) is 13.3. The van der Waals surface area contributed by atoms with Crippen LogP contribution in [0.3, 0.4) is 0 Å². The molecule has 0 saturated heterocycles. The van der Waals surface area contributed by atoms with Crippen LogP contribution in [-0.2, 0) is 25.9 Å².